The molecule has 0 saturated carbocycles. The number of carbonyl (C=O) groups excluding carboxylic acids is 1. The first-order valence-corrected chi connectivity index (χ1v) is 13.9. The summed E-state index contributed by atoms with van der Waals surface area (Å²) in [5.41, 5.74) is -1.30. The Balaban J connectivity index is 1.81. The van der Waals surface area contributed by atoms with E-state index >= 15 is 0 Å². The molecule has 0 radical (unpaired) electrons. The van der Waals surface area contributed by atoms with Gasteiger partial charge in [0.15, 0.2) is 0 Å². The lowest BCUT2D eigenvalue weighted by atomic mass is 10.2. The topological polar surface area (TPSA) is 131 Å². The Morgan fingerprint density at radius 3 is 1.97 bits per heavy atom. The minimum absolute atomic E-state index is 0.00573. The van der Waals surface area contributed by atoms with Crippen LogP contribution in [0, 0.1) is 0 Å². The van der Waals surface area contributed by atoms with E-state index in [1.807, 2.05) is 0 Å². The maximum atomic E-state index is 12.9. The van der Waals surface area contributed by atoms with E-state index in [9.17, 15) is 34.8 Å². The minimum atomic E-state index is -4.65. The maximum absolute atomic E-state index is 12.9. The highest BCUT2D eigenvalue weighted by Crippen LogP contribution is 2.31. The van der Waals surface area contributed by atoms with Gasteiger partial charge in [0, 0.05) is 17.4 Å². The van der Waals surface area contributed by atoms with Gasteiger partial charge in [-0.25, -0.2) is 16.8 Å². The molecule has 38 heavy (non-hydrogen) atoms. The number of nitrogens with one attached hydrogen (secondary N) is 3. The molecule has 0 fully saturated rings. The Kier molecular flexibility index (Phi) is 8.27. The highest BCUT2D eigenvalue weighted by atomic mass is 32.2. The van der Waals surface area contributed by atoms with E-state index in [-0.39, 0.29) is 38.5 Å². The van der Waals surface area contributed by atoms with Crippen molar-refractivity contribution in [3.8, 4) is 5.75 Å². The van der Waals surface area contributed by atoms with E-state index in [1.54, 1.807) is 13.8 Å². The van der Waals surface area contributed by atoms with Gasteiger partial charge in [-0.2, -0.15) is 13.2 Å². The molecule has 0 bridgehead atoms. The quantitative estimate of drug-likeness (QED) is 0.348. The van der Waals surface area contributed by atoms with Gasteiger partial charge in [-0.15, -0.1) is 0 Å². The molecule has 0 aliphatic carbocycles. The number of carbonyl (C=O) groups is 1. The minimum Gasteiger partial charge on any atom is -0.496 e. The summed E-state index contributed by atoms with van der Waals surface area (Å²) in [7, 11) is -7.13. The molecule has 3 rings (SSSR count). The Labute approximate surface area is 218 Å². The smallest absolute Gasteiger partial charge is 0.416 e. The lowest BCUT2D eigenvalue weighted by molar-refractivity contribution is -0.137. The van der Waals surface area contributed by atoms with Crippen LogP contribution in [0.4, 0.5) is 24.5 Å². The summed E-state index contributed by atoms with van der Waals surface area (Å²) in [6.07, 6.45) is -4.65. The van der Waals surface area contributed by atoms with E-state index in [4.69, 9.17) is 4.74 Å². The summed E-state index contributed by atoms with van der Waals surface area (Å²) in [4.78, 5) is 11.9. The Bertz CT molecular complexity index is 1540. The van der Waals surface area contributed by atoms with Crippen LogP contribution >= 0.6 is 0 Å². The monoisotopic (exact) mass is 571 g/mol. The average molecular weight is 572 g/mol. The molecule has 0 aromatic heterocycles. The zero-order chi connectivity index (χ0) is 28.3. The molecule has 3 aromatic carbocycles. The number of halogens is 3. The van der Waals surface area contributed by atoms with E-state index in [0.29, 0.717) is 6.07 Å². The molecule has 0 aliphatic heterocycles. The van der Waals surface area contributed by atoms with Gasteiger partial charge in [0.1, 0.15) is 5.75 Å². The van der Waals surface area contributed by atoms with Gasteiger partial charge < -0.3 is 10.1 Å². The summed E-state index contributed by atoms with van der Waals surface area (Å²) in [5, 5.41) is 2.66. The zero-order valence-corrected chi connectivity index (χ0v) is 22.0. The van der Waals surface area contributed by atoms with Crippen molar-refractivity contribution in [2.45, 2.75) is 35.9 Å². The first-order chi connectivity index (χ1) is 17.6. The number of anilines is 2. The summed E-state index contributed by atoms with van der Waals surface area (Å²) in [5.74, 6) is -0.360. The van der Waals surface area contributed by atoms with Gasteiger partial charge in [0.25, 0.3) is 26.0 Å². The van der Waals surface area contributed by atoms with E-state index in [0.717, 1.165) is 30.3 Å². The first-order valence-electron chi connectivity index (χ1n) is 10.9. The molecule has 3 N–H and O–H groups in total. The van der Waals surface area contributed by atoms with Crippen LogP contribution in [0.25, 0.3) is 0 Å². The van der Waals surface area contributed by atoms with Gasteiger partial charge in [0.2, 0.25) is 0 Å². The van der Waals surface area contributed by atoms with Crippen LogP contribution < -0.4 is 19.5 Å². The molecule has 1 amide bonds. The fourth-order valence-electron chi connectivity index (χ4n) is 3.26. The Morgan fingerprint density at radius 1 is 0.816 bits per heavy atom. The summed E-state index contributed by atoms with van der Waals surface area (Å²) in [6.45, 7) is 3.48. The molecule has 0 heterocycles. The highest BCUT2D eigenvalue weighted by Gasteiger charge is 2.31. The summed E-state index contributed by atoms with van der Waals surface area (Å²) in [6, 6.07) is 11.7. The van der Waals surface area contributed by atoms with Crippen molar-refractivity contribution in [2.24, 2.45) is 0 Å². The van der Waals surface area contributed by atoms with Crippen LogP contribution in [0.2, 0.25) is 0 Å². The number of benzene rings is 3. The standard InChI is InChI=1S/C24H24F3N3O6S2/c1-15(2)28-23(31)21-14-20(11-12-22(21)36-3)38(34,35)29-17-7-9-19(10-8-17)37(32,33)30-18-6-4-5-16(13-18)24(25,26)27/h4-15,29-30H,1-3H3,(H,28,31). The van der Waals surface area contributed by atoms with Crippen molar-refractivity contribution in [1.29, 1.82) is 0 Å². The van der Waals surface area contributed by atoms with Gasteiger partial charge in [-0.1, -0.05) is 6.07 Å². The van der Waals surface area contributed by atoms with Crippen LogP contribution in [0.15, 0.2) is 76.5 Å². The third kappa shape index (κ3) is 6.95. The molecule has 0 saturated heterocycles. The Hall–Kier alpha value is -3.78. The lowest BCUT2D eigenvalue weighted by Gasteiger charge is -2.14. The van der Waals surface area contributed by atoms with Crippen molar-refractivity contribution in [3.63, 3.8) is 0 Å². The molecular formula is C24H24F3N3O6S2. The maximum Gasteiger partial charge on any atom is 0.416 e. The summed E-state index contributed by atoms with van der Waals surface area (Å²) < 4.78 is 99.4. The number of rotatable bonds is 9. The Morgan fingerprint density at radius 2 is 1.39 bits per heavy atom. The second-order valence-electron chi connectivity index (χ2n) is 8.30. The first kappa shape index (κ1) is 28.8. The van der Waals surface area contributed by atoms with Crippen LogP contribution in [-0.2, 0) is 26.2 Å². The number of hydrogen-bond acceptors (Lipinski definition) is 6. The van der Waals surface area contributed by atoms with E-state index < -0.39 is 37.7 Å². The van der Waals surface area contributed by atoms with E-state index in [2.05, 4.69) is 14.8 Å². The predicted octanol–water partition coefficient (Wildman–Crippen LogP) is 4.45. The molecular weight excluding hydrogens is 547 g/mol. The number of hydrogen-bond donors (Lipinski definition) is 3. The molecule has 204 valence electrons. The second kappa shape index (κ2) is 10.9. The highest BCUT2D eigenvalue weighted by molar-refractivity contribution is 7.93. The van der Waals surface area contributed by atoms with Crippen molar-refractivity contribution >= 4 is 37.3 Å². The second-order valence-corrected chi connectivity index (χ2v) is 11.7. The SMILES string of the molecule is COc1ccc(S(=O)(=O)Nc2ccc(S(=O)(=O)Nc3cccc(C(F)(F)F)c3)cc2)cc1C(=O)NC(C)C. The average Bonchev–Trinajstić information content (AvgIpc) is 2.82. The molecule has 3 aromatic rings. The van der Waals surface area contributed by atoms with Crippen LogP contribution in [0.3, 0.4) is 0 Å². The molecule has 0 spiro atoms. The van der Waals surface area contributed by atoms with Gasteiger partial charge in [-0.05, 0) is 74.5 Å². The van der Waals surface area contributed by atoms with E-state index in [1.165, 1.54) is 37.4 Å². The fourth-order valence-corrected chi connectivity index (χ4v) is 5.39. The van der Waals surface area contributed by atoms with Crippen molar-refractivity contribution in [1.82, 2.24) is 5.32 Å². The number of alkyl halides is 3. The summed E-state index contributed by atoms with van der Waals surface area (Å²) >= 11 is 0. The van der Waals surface area contributed by atoms with Gasteiger partial charge in [-0.3, -0.25) is 14.2 Å². The lowest BCUT2D eigenvalue weighted by Crippen LogP contribution is -2.30. The number of ether oxygens (including phenoxy) is 1. The van der Waals surface area contributed by atoms with Crippen LogP contribution in [0.5, 0.6) is 5.75 Å². The van der Waals surface area contributed by atoms with Crippen molar-refractivity contribution in [3.05, 3.63) is 77.9 Å². The normalized spacial score (nSPS) is 12.2. The molecule has 0 unspecified atom stereocenters. The third-order valence-electron chi connectivity index (χ3n) is 5.00. The molecule has 0 atom stereocenters. The number of methoxy groups -OCH3 is 1. The third-order valence-corrected chi connectivity index (χ3v) is 7.78. The van der Waals surface area contributed by atoms with Crippen molar-refractivity contribution < 1.29 is 39.5 Å². The predicted molar refractivity (Wildman–Crippen MR) is 135 cm³/mol. The number of amides is 1. The van der Waals surface area contributed by atoms with Crippen LogP contribution in [-0.4, -0.2) is 35.9 Å². The molecule has 9 nitrogen and oxygen atoms in total. The zero-order valence-electron chi connectivity index (χ0n) is 20.3. The van der Waals surface area contributed by atoms with Gasteiger partial charge >= 0.3 is 6.18 Å². The molecule has 0 aliphatic rings. The fraction of sp³-hybridized carbons (Fsp3) is 0.208. The largest absolute Gasteiger partial charge is 0.496 e. The molecule has 14 heteroatoms. The van der Waals surface area contributed by atoms with Gasteiger partial charge in [0.05, 0.1) is 28.0 Å². The van der Waals surface area contributed by atoms with Crippen molar-refractivity contribution in [2.75, 3.05) is 16.6 Å². The number of sulfonamides is 2. The van der Waals surface area contributed by atoms with Crippen LogP contribution in [0.1, 0.15) is 29.8 Å².